The van der Waals surface area contributed by atoms with Crippen LogP contribution in [0.4, 0.5) is 4.79 Å². The Bertz CT molecular complexity index is 337. The summed E-state index contributed by atoms with van der Waals surface area (Å²) in [6, 6.07) is 7.20. The van der Waals surface area contributed by atoms with Gasteiger partial charge < -0.3 is 15.2 Å². The Labute approximate surface area is 75.1 Å². The standard InChI is InChI=1S/C9H9NO3/c11-9(12)10-7-5-13-8-4-2-1-3-6(7)8/h1-4,7,10H,5H2,(H,11,12). The first-order valence-electron chi connectivity index (χ1n) is 3.98. The molecule has 1 heterocycles. The van der Waals surface area contributed by atoms with E-state index in [1.165, 1.54) is 0 Å². The van der Waals surface area contributed by atoms with Crippen LogP contribution < -0.4 is 10.1 Å². The Morgan fingerprint density at radius 1 is 1.54 bits per heavy atom. The minimum absolute atomic E-state index is 0.228. The van der Waals surface area contributed by atoms with Crippen LogP contribution in [0.2, 0.25) is 0 Å². The molecule has 1 unspecified atom stereocenters. The quantitative estimate of drug-likeness (QED) is 0.684. The summed E-state index contributed by atoms with van der Waals surface area (Å²) < 4.78 is 5.29. The lowest BCUT2D eigenvalue weighted by molar-refractivity contribution is 0.186. The van der Waals surface area contributed by atoms with E-state index < -0.39 is 6.09 Å². The molecule has 2 N–H and O–H groups in total. The Morgan fingerprint density at radius 2 is 2.31 bits per heavy atom. The smallest absolute Gasteiger partial charge is 0.405 e. The highest BCUT2D eigenvalue weighted by Crippen LogP contribution is 2.31. The van der Waals surface area contributed by atoms with Crippen molar-refractivity contribution in [2.75, 3.05) is 6.61 Å². The molecule has 1 amide bonds. The molecule has 4 heteroatoms. The van der Waals surface area contributed by atoms with Gasteiger partial charge >= 0.3 is 6.09 Å². The SMILES string of the molecule is O=C(O)NC1COc2ccccc21. The predicted molar refractivity (Wildman–Crippen MR) is 45.8 cm³/mol. The highest BCUT2D eigenvalue weighted by atomic mass is 16.5. The van der Waals surface area contributed by atoms with Gasteiger partial charge in [-0.15, -0.1) is 0 Å². The molecule has 0 saturated heterocycles. The monoisotopic (exact) mass is 179 g/mol. The fourth-order valence-electron chi connectivity index (χ4n) is 1.43. The van der Waals surface area contributed by atoms with Crippen molar-refractivity contribution in [1.82, 2.24) is 5.32 Å². The van der Waals surface area contributed by atoms with Crippen molar-refractivity contribution in [3.8, 4) is 5.75 Å². The van der Waals surface area contributed by atoms with Crippen LogP contribution in [0.5, 0.6) is 5.75 Å². The predicted octanol–water partition coefficient (Wildman–Crippen LogP) is 1.39. The Kier molecular flexibility index (Phi) is 1.81. The van der Waals surface area contributed by atoms with Crippen LogP contribution in [-0.4, -0.2) is 17.8 Å². The largest absolute Gasteiger partial charge is 0.491 e. The molecule has 1 aliphatic rings. The summed E-state index contributed by atoms with van der Waals surface area (Å²) in [4.78, 5) is 10.4. The van der Waals surface area contributed by atoms with Gasteiger partial charge in [0, 0.05) is 5.56 Å². The van der Waals surface area contributed by atoms with E-state index >= 15 is 0 Å². The minimum Gasteiger partial charge on any atom is -0.491 e. The number of nitrogens with one attached hydrogen (secondary N) is 1. The number of rotatable bonds is 1. The zero-order chi connectivity index (χ0) is 9.26. The summed E-state index contributed by atoms with van der Waals surface area (Å²) in [5.74, 6) is 0.765. The second-order valence-electron chi connectivity index (χ2n) is 2.85. The van der Waals surface area contributed by atoms with Gasteiger partial charge in [0.05, 0.1) is 6.04 Å². The van der Waals surface area contributed by atoms with E-state index in [9.17, 15) is 4.79 Å². The Balaban J connectivity index is 2.23. The average molecular weight is 179 g/mol. The average Bonchev–Trinajstić information content (AvgIpc) is 2.48. The number of hydrogen-bond acceptors (Lipinski definition) is 2. The second-order valence-corrected chi connectivity index (χ2v) is 2.85. The van der Waals surface area contributed by atoms with E-state index in [1.807, 2.05) is 24.3 Å². The molecule has 0 aromatic heterocycles. The fraction of sp³-hybridized carbons (Fsp3) is 0.222. The fourth-order valence-corrected chi connectivity index (χ4v) is 1.43. The van der Waals surface area contributed by atoms with E-state index in [0.717, 1.165) is 11.3 Å². The van der Waals surface area contributed by atoms with Gasteiger partial charge in [0.1, 0.15) is 12.4 Å². The highest BCUT2D eigenvalue weighted by Gasteiger charge is 2.24. The molecule has 1 aliphatic heterocycles. The molecule has 1 aromatic rings. The lowest BCUT2D eigenvalue weighted by Crippen LogP contribution is -2.27. The molecule has 0 fully saturated rings. The van der Waals surface area contributed by atoms with Gasteiger partial charge in [0.25, 0.3) is 0 Å². The minimum atomic E-state index is -1.02. The number of hydrogen-bond donors (Lipinski definition) is 2. The maximum atomic E-state index is 10.4. The molecule has 0 saturated carbocycles. The zero-order valence-electron chi connectivity index (χ0n) is 6.86. The van der Waals surface area contributed by atoms with Crippen molar-refractivity contribution in [2.24, 2.45) is 0 Å². The third kappa shape index (κ3) is 1.42. The third-order valence-electron chi connectivity index (χ3n) is 2.00. The molecule has 68 valence electrons. The van der Waals surface area contributed by atoms with E-state index in [2.05, 4.69) is 5.32 Å². The summed E-state index contributed by atoms with van der Waals surface area (Å²) in [5.41, 5.74) is 0.907. The van der Waals surface area contributed by atoms with Gasteiger partial charge in [0.2, 0.25) is 0 Å². The molecule has 4 nitrogen and oxygen atoms in total. The van der Waals surface area contributed by atoms with Crippen LogP contribution >= 0.6 is 0 Å². The number of ether oxygens (including phenoxy) is 1. The van der Waals surface area contributed by atoms with Crippen LogP contribution in [0.3, 0.4) is 0 Å². The van der Waals surface area contributed by atoms with Gasteiger partial charge in [-0.1, -0.05) is 18.2 Å². The number of fused-ring (bicyclic) bond motifs is 1. The molecule has 13 heavy (non-hydrogen) atoms. The molecular formula is C9H9NO3. The first kappa shape index (κ1) is 7.91. The molecule has 1 aromatic carbocycles. The summed E-state index contributed by atoms with van der Waals surface area (Å²) >= 11 is 0. The number of carboxylic acid groups (broad SMARTS) is 1. The van der Waals surface area contributed by atoms with Gasteiger partial charge in [-0.25, -0.2) is 4.79 Å². The summed E-state index contributed by atoms with van der Waals surface area (Å²) in [6.45, 7) is 0.381. The molecule has 0 radical (unpaired) electrons. The maximum absolute atomic E-state index is 10.4. The van der Waals surface area contributed by atoms with Crippen LogP contribution in [0, 0.1) is 0 Å². The first-order chi connectivity index (χ1) is 6.27. The van der Waals surface area contributed by atoms with Crippen LogP contribution in [0.15, 0.2) is 24.3 Å². The molecule has 2 rings (SSSR count). The van der Waals surface area contributed by atoms with Crippen molar-refractivity contribution >= 4 is 6.09 Å². The van der Waals surface area contributed by atoms with Gasteiger partial charge in [-0.3, -0.25) is 0 Å². The number of benzene rings is 1. The maximum Gasteiger partial charge on any atom is 0.405 e. The molecule has 0 spiro atoms. The topological polar surface area (TPSA) is 58.6 Å². The third-order valence-corrected chi connectivity index (χ3v) is 2.00. The lowest BCUT2D eigenvalue weighted by atomic mass is 10.1. The number of para-hydroxylation sites is 1. The molecule has 0 bridgehead atoms. The summed E-state index contributed by atoms with van der Waals surface area (Å²) in [6.07, 6.45) is -1.02. The molecular weight excluding hydrogens is 170 g/mol. The summed E-state index contributed by atoms with van der Waals surface area (Å²) in [5, 5.41) is 10.9. The zero-order valence-corrected chi connectivity index (χ0v) is 6.86. The van der Waals surface area contributed by atoms with Crippen LogP contribution in [0.25, 0.3) is 0 Å². The second kappa shape index (κ2) is 2.97. The number of carbonyl (C=O) groups is 1. The number of amides is 1. The van der Waals surface area contributed by atoms with Crippen molar-refractivity contribution in [1.29, 1.82) is 0 Å². The van der Waals surface area contributed by atoms with E-state index in [-0.39, 0.29) is 6.04 Å². The van der Waals surface area contributed by atoms with Crippen molar-refractivity contribution in [2.45, 2.75) is 6.04 Å². The van der Waals surface area contributed by atoms with Gasteiger partial charge in [0.15, 0.2) is 0 Å². The van der Waals surface area contributed by atoms with E-state index in [0.29, 0.717) is 6.61 Å². The van der Waals surface area contributed by atoms with Crippen molar-refractivity contribution in [3.63, 3.8) is 0 Å². The van der Waals surface area contributed by atoms with Crippen molar-refractivity contribution in [3.05, 3.63) is 29.8 Å². The molecule has 0 aliphatic carbocycles. The van der Waals surface area contributed by atoms with Gasteiger partial charge in [-0.05, 0) is 6.07 Å². The Morgan fingerprint density at radius 3 is 3.08 bits per heavy atom. The molecule has 1 atom stereocenters. The van der Waals surface area contributed by atoms with Crippen LogP contribution in [-0.2, 0) is 0 Å². The Hall–Kier alpha value is -1.71. The highest BCUT2D eigenvalue weighted by molar-refractivity contribution is 5.65. The van der Waals surface area contributed by atoms with E-state index in [1.54, 1.807) is 0 Å². The lowest BCUT2D eigenvalue weighted by Gasteiger charge is -2.07. The summed E-state index contributed by atoms with van der Waals surface area (Å²) in [7, 11) is 0. The van der Waals surface area contributed by atoms with E-state index in [4.69, 9.17) is 9.84 Å². The van der Waals surface area contributed by atoms with Crippen LogP contribution in [0.1, 0.15) is 11.6 Å². The normalized spacial score (nSPS) is 18.9. The first-order valence-corrected chi connectivity index (χ1v) is 3.98. The van der Waals surface area contributed by atoms with Crippen molar-refractivity contribution < 1.29 is 14.6 Å². The van der Waals surface area contributed by atoms with Gasteiger partial charge in [-0.2, -0.15) is 0 Å².